The van der Waals surface area contributed by atoms with Crippen LogP contribution in [-0.4, -0.2) is 55.4 Å². The maximum Gasteiger partial charge on any atom is 0.254 e. The monoisotopic (exact) mass is 378 g/mol. The van der Waals surface area contributed by atoms with E-state index in [2.05, 4.69) is 0 Å². The molecule has 1 aromatic carbocycles. The maximum absolute atomic E-state index is 12.0. The Morgan fingerprint density at radius 3 is 2.54 bits per heavy atom. The molecule has 1 saturated heterocycles. The van der Waals surface area contributed by atoms with Crippen LogP contribution < -0.4 is 4.74 Å². The first-order valence-corrected chi connectivity index (χ1v) is 9.71. The maximum atomic E-state index is 12.0. The number of piperidine rings is 1. The van der Waals surface area contributed by atoms with Gasteiger partial charge in [-0.05, 0) is 62.1 Å². The molecule has 0 radical (unpaired) electrons. The highest BCUT2D eigenvalue weighted by Gasteiger charge is 2.33. The number of halogens is 1. The normalized spacial score (nSPS) is 23.3. The smallest absolute Gasteiger partial charge is 0.254 e. The number of carbonyl (C=O) groups is 2. The molecule has 1 aliphatic carbocycles. The molecule has 0 aromatic heterocycles. The van der Waals surface area contributed by atoms with Gasteiger partial charge in [0.05, 0.1) is 16.7 Å². The summed E-state index contributed by atoms with van der Waals surface area (Å²) in [6.45, 7) is 1.80. The minimum absolute atomic E-state index is 0.106. The quantitative estimate of drug-likeness (QED) is 0.712. The predicted molar refractivity (Wildman–Crippen MR) is 102 cm³/mol. The van der Waals surface area contributed by atoms with Gasteiger partial charge in [-0.15, -0.1) is 0 Å². The molecule has 0 unspecified atom stereocenters. The number of hydrogen-bond acceptors (Lipinski definition) is 3. The van der Waals surface area contributed by atoms with Crippen molar-refractivity contribution in [1.29, 1.82) is 0 Å². The topological polar surface area (TPSA) is 49.9 Å². The van der Waals surface area contributed by atoms with Gasteiger partial charge in [0.1, 0.15) is 5.75 Å². The van der Waals surface area contributed by atoms with Crippen molar-refractivity contribution in [2.75, 3.05) is 27.2 Å². The fourth-order valence-electron chi connectivity index (χ4n) is 3.90. The Hall–Kier alpha value is -1.75. The van der Waals surface area contributed by atoms with E-state index in [-0.39, 0.29) is 12.0 Å². The molecule has 2 amide bonds. The second-order valence-corrected chi connectivity index (χ2v) is 8.15. The van der Waals surface area contributed by atoms with Crippen molar-refractivity contribution >= 4 is 23.9 Å². The fraction of sp³-hybridized carbons (Fsp3) is 0.600. The van der Waals surface area contributed by atoms with Gasteiger partial charge in [0, 0.05) is 27.2 Å². The van der Waals surface area contributed by atoms with Crippen LogP contribution in [0, 0.1) is 11.8 Å². The zero-order chi connectivity index (χ0) is 18.7. The zero-order valence-corrected chi connectivity index (χ0v) is 16.2. The minimum atomic E-state index is -0.106. The van der Waals surface area contributed by atoms with Crippen molar-refractivity contribution < 1.29 is 14.3 Å². The molecule has 142 valence electrons. The Labute approximate surface area is 160 Å². The summed E-state index contributed by atoms with van der Waals surface area (Å²) in [6.07, 6.45) is 6.83. The summed E-state index contributed by atoms with van der Waals surface area (Å²) in [5.41, 5.74) is 0.497. The second kappa shape index (κ2) is 8.30. The highest BCUT2D eigenvalue weighted by molar-refractivity contribution is 6.34. The molecule has 5 nitrogen and oxygen atoms in total. The molecule has 26 heavy (non-hydrogen) atoms. The van der Waals surface area contributed by atoms with Crippen LogP contribution in [0.2, 0.25) is 5.02 Å². The largest absolute Gasteiger partial charge is 0.490 e. The predicted octanol–water partition coefficient (Wildman–Crippen LogP) is 3.46. The average molecular weight is 379 g/mol. The summed E-state index contributed by atoms with van der Waals surface area (Å²) in [7, 11) is 3.42. The molecular weight excluding hydrogens is 352 g/mol. The van der Waals surface area contributed by atoms with Gasteiger partial charge in [0.2, 0.25) is 6.41 Å². The summed E-state index contributed by atoms with van der Waals surface area (Å²) in [6, 6.07) is 5.29. The van der Waals surface area contributed by atoms with Crippen molar-refractivity contribution in [3.63, 3.8) is 0 Å². The minimum Gasteiger partial charge on any atom is -0.490 e. The first-order valence-electron chi connectivity index (χ1n) is 9.33. The third-order valence-corrected chi connectivity index (χ3v) is 5.85. The summed E-state index contributed by atoms with van der Waals surface area (Å²) in [5.74, 6) is 2.08. The number of benzene rings is 1. The fourth-order valence-corrected chi connectivity index (χ4v) is 4.16. The average Bonchev–Trinajstić information content (AvgIpc) is 2.60. The lowest BCUT2D eigenvalue weighted by Gasteiger charge is -2.39. The van der Waals surface area contributed by atoms with E-state index in [9.17, 15) is 9.59 Å². The van der Waals surface area contributed by atoms with Crippen LogP contribution in [0.4, 0.5) is 0 Å². The van der Waals surface area contributed by atoms with Crippen LogP contribution in [-0.2, 0) is 4.79 Å². The number of rotatable bonds is 6. The summed E-state index contributed by atoms with van der Waals surface area (Å²) in [5, 5.41) is 0.430. The molecule has 0 atom stereocenters. The van der Waals surface area contributed by atoms with Gasteiger partial charge < -0.3 is 14.5 Å². The van der Waals surface area contributed by atoms with Crippen LogP contribution in [0.25, 0.3) is 0 Å². The van der Waals surface area contributed by atoms with Crippen LogP contribution in [0.1, 0.15) is 42.5 Å². The van der Waals surface area contributed by atoms with Crippen molar-refractivity contribution in [1.82, 2.24) is 9.80 Å². The number of nitrogens with zero attached hydrogens (tertiary/aromatic N) is 2. The van der Waals surface area contributed by atoms with E-state index in [1.165, 1.54) is 11.3 Å². The van der Waals surface area contributed by atoms with Gasteiger partial charge in [-0.2, -0.15) is 0 Å². The highest BCUT2D eigenvalue weighted by Crippen LogP contribution is 2.38. The van der Waals surface area contributed by atoms with Crippen LogP contribution >= 0.6 is 11.6 Å². The molecule has 1 aliphatic heterocycles. The Balaban J connectivity index is 1.44. The SMILES string of the molecule is CN(C)C(=O)c1ccc(O[C@H]2C[C@@H](CC3CCN(C=O)CC3)C2)cc1Cl. The molecule has 3 rings (SSSR count). The van der Waals surface area contributed by atoms with E-state index in [4.69, 9.17) is 16.3 Å². The standard InChI is InChI=1S/C20H27ClN2O3/c1-22(2)20(25)18-4-3-16(12-19(18)21)26-17-10-15(11-17)9-14-5-7-23(13-24)8-6-14/h3-4,12-15,17H,5-11H2,1-2H3/t15-,17+. The molecule has 1 heterocycles. The van der Waals surface area contributed by atoms with Gasteiger partial charge in [0.25, 0.3) is 5.91 Å². The third kappa shape index (κ3) is 4.50. The van der Waals surface area contributed by atoms with E-state index < -0.39 is 0 Å². The molecule has 1 aromatic rings. The molecule has 0 spiro atoms. The van der Waals surface area contributed by atoms with Crippen molar-refractivity contribution in [3.05, 3.63) is 28.8 Å². The van der Waals surface area contributed by atoms with E-state index >= 15 is 0 Å². The van der Waals surface area contributed by atoms with Gasteiger partial charge in [-0.3, -0.25) is 9.59 Å². The Morgan fingerprint density at radius 2 is 1.96 bits per heavy atom. The lowest BCUT2D eigenvalue weighted by Crippen LogP contribution is -2.37. The van der Waals surface area contributed by atoms with Gasteiger partial charge in [-0.25, -0.2) is 0 Å². The third-order valence-electron chi connectivity index (χ3n) is 5.54. The molecule has 0 bridgehead atoms. The lowest BCUT2D eigenvalue weighted by molar-refractivity contribution is -0.119. The Kier molecular flexibility index (Phi) is 6.07. The summed E-state index contributed by atoms with van der Waals surface area (Å²) in [4.78, 5) is 26.2. The van der Waals surface area contributed by atoms with Crippen molar-refractivity contribution in [2.24, 2.45) is 11.8 Å². The zero-order valence-electron chi connectivity index (χ0n) is 15.5. The summed E-state index contributed by atoms with van der Waals surface area (Å²) < 4.78 is 6.02. The molecule has 6 heteroatoms. The van der Waals surface area contributed by atoms with Crippen LogP contribution in [0.15, 0.2) is 18.2 Å². The lowest BCUT2D eigenvalue weighted by atomic mass is 9.74. The van der Waals surface area contributed by atoms with Gasteiger partial charge in [-0.1, -0.05) is 11.6 Å². The Bertz CT molecular complexity index is 650. The number of likely N-dealkylation sites (tertiary alicyclic amines) is 1. The first kappa shape index (κ1) is 19.0. The van der Waals surface area contributed by atoms with E-state index in [0.717, 1.165) is 62.8 Å². The van der Waals surface area contributed by atoms with Gasteiger partial charge in [0.15, 0.2) is 0 Å². The van der Waals surface area contributed by atoms with Crippen LogP contribution in [0.3, 0.4) is 0 Å². The molecular formula is C20H27ClN2O3. The van der Waals surface area contributed by atoms with E-state index in [1.54, 1.807) is 26.2 Å². The molecule has 0 N–H and O–H groups in total. The first-order chi connectivity index (χ1) is 12.5. The number of carbonyl (C=O) groups excluding carboxylic acids is 2. The number of hydrogen-bond donors (Lipinski definition) is 0. The highest BCUT2D eigenvalue weighted by atomic mass is 35.5. The Morgan fingerprint density at radius 1 is 1.27 bits per heavy atom. The summed E-state index contributed by atoms with van der Waals surface area (Å²) >= 11 is 6.24. The number of ether oxygens (including phenoxy) is 1. The van der Waals surface area contributed by atoms with Crippen LogP contribution in [0.5, 0.6) is 5.75 Å². The number of amides is 2. The van der Waals surface area contributed by atoms with Crippen molar-refractivity contribution in [2.45, 2.75) is 38.2 Å². The molecule has 2 aliphatic rings. The van der Waals surface area contributed by atoms with E-state index in [1.807, 2.05) is 11.0 Å². The second-order valence-electron chi connectivity index (χ2n) is 7.74. The van der Waals surface area contributed by atoms with Gasteiger partial charge >= 0.3 is 0 Å². The molecule has 1 saturated carbocycles. The molecule has 2 fully saturated rings. The van der Waals surface area contributed by atoms with E-state index in [0.29, 0.717) is 10.6 Å². The van der Waals surface area contributed by atoms with Crippen molar-refractivity contribution in [3.8, 4) is 5.75 Å².